The van der Waals surface area contributed by atoms with Crippen molar-refractivity contribution in [3.8, 4) is 0 Å². The van der Waals surface area contributed by atoms with E-state index < -0.39 is 5.97 Å². The Balaban J connectivity index is 1.80. The van der Waals surface area contributed by atoms with Crippen molar-refractivity contribution in [1.82, 2.24) is 4.98 Å². The Bertz CT molecular complexity index is 607. The number of pyridine rings is 1. The van der Waals surface area contributed by atoms with Crippen LogP contribution in [0.25, 0.3) is 0 Å². The van der Waals surface area contributed by atoms with Gasteiger partial charge in [0.1, 0.15) is 0 Å². The molecule has 0 amide bonds. The molecule has 1 aromatic carbocycles. The zero-order valence-electron chi connectivity index (χ0n) is 10.5. The van der Waals surface area contributed by atoms with E-state index in [2.05, 4.69) is 29.2 Å². The van der Waals surface area contributed by atoms with Gasteiger partial charge in [-0.3, -0.25) is 9.78 Å². The number of carbonyl (C=O) groups is 1. The lowest BCUT2D eigenvalue weighted by Gasteiger charge is -2.04. The van der Waals surface area contributed by atoms with Crippen molar-refractivity contribution in [2.75, 3.05) is 0 Å². The summed E-state index contributed by atoms with van der Waals surface area (Å²) in [4.78, 5) is 15.1. The standard InChI is InChI=1S/C16H15NO2/c18-16(19)15-8-13-4-3-11(7-14(13)9-15)6-12-2-1-5-17-10-12/h1-5,7,10,15H,6,8-9H2,(H,18,19). The van der Waals surface area contributed by atoms with E-state index in [1.807, 2.05) is 12.3 Å². The molecule has 0 aliphatic heterocycles. The highest BCUT2D eigenvalue weighted by atomic mass is 16.4. The molecular formula is C16H15NO2. The average molecular weight is 253 g/mol. The maximum absolute atomic E-state index is 11.0. The van der Waals surface area contributed by atoms with Crippen molar-refractivity contribution in [2.24, 2.45) is 5.92 Å². The summed E-state index contributed by atoms with van der Waals surface area (Å²) in [5.41, 5.74) is 4.77. The third kappa shape index (κ3) is 2.50. The maximum Gasteiger partial charge on any atom is 0.307 e. The molecule has 1 atom stereocenters. The molecule has 1 aliphatic rings. The van der Waals surface area contributed by atoms with E-state index in [1.54, 1.807) is 6.20 Å². The van der Waals surface area contributed by atoms with Gasteiger partial charge >= 0.3 is 5.97 Å². The van der Waals surface area contributed by atoms with Gasteiger partial charge in [-0.1, -0.05) is 24.3 Å². The monoisotopic (exact) mass is 253 g/mol. The van der Waals surface area contributed by atoms with Crippen molar-refractivity contribution in [3.63, 3.8) is 0 Å². The number of carboxylic acid groups (broad SMARTS) is 1. The first-order valence-electron chi connectivity index (χ1n) is 6.45. The number of rotatable bonds is 3. The number of fused-ring (bicyclic) bond motifs is 1. The van der Waals surface area contributed by atoms with Crippen LogP contribution in [0.1, 0.15) is 22.3 Å². The zero-order valence-corrected chi connectivity index (χ0v) is 10.5. The van der Waals surface area contributed by atoms with Gasteiger partial charge in [-0.25, -0.2) is 0 Å². The van der Waals surface area contributed by atoms with Crippen LogP contribution >= 0.6 is 0 Å². The molecule has 1 N–H and O–H groups in total. The van der Waals surface area contributed by atoms with E-state index in [0.717, 1.165) is 6.42 Å². The Morgan fingerprint density at radius 1 is 1.21 bits per heavy atom. The summed E-state index contributed by atoms with van der Waals surface area (Å²) in [6.45, 7) is 0. The minimum absolute atomic E-state index is 0.247. The zero-order chi connectivity index (χ0) is 13.2. The van der Waals surface area contributed by atoms with Crippen LogP contribution in [0.2, 0.25) is 0 Å². The number of nitrogens with zero attached hydrogens (tertiary/aromatic N) is 1. The molecule has 0 saturated carbocycles. The summed E-state index contributed by atoms with van der Waals surface area (Å²) in [5, 5.41) is 9.08. The number of aromatic nitrogens is 1. The number of aliphatic carboxylic acids is 1. The molecule has 0 saturated heterocycles. The molecule has 2 aromatic rings. The van der Waals surface area contributed by atoms with Gasteiger partial charge in [0, 0.05) is 12.4 Å². The molecule has 0 fully saturated rings. The van der Waals surface area contributed by atoms with E-state index in [-0.39, 0.29) is 5.92 Å². The van der Waals surface area contributed by atoms with E-state index in [9.17, 15) is 4.79 Å². The Labute approximate surface area is 111 Å². The topological polar surface area (TPSA) is 50.2 Å². The second-order valence-corrected chi connectivity index (χ2v) is 5.08. The predicted molar refractivity (Wildman–Crippen MR) is 72.0 cm³/mol. The van der Waals surface area contributed by atoms with Crippen molar-refractivity contribution < 1.29 is 9.90 Å². The van der Waals surface area contributed by atoms with Gasteiger partial charge in [0.25, 0.3) is 0 Å². The van der Waals surface area contributed by atoms with Crippen LogP contribution in [0.4, 0.5) is 0 Å². The fourth-order valence-corrected chi connectivity index (χ4v) is 2.69. The molecule has 0 bridgehead atoms. The van der Waals surface area contributed by atoms with Gasteiger partial charge in [0.15, 0.2) is 0 Å². The number of benzene rings is 1. The summed E-state index contributed by atoms with van der Waals surface area (Å²) >= 11 is 0. The quantitative estimate of drug-likeness (QED) is 0.914. The summed E-state index contributed by atoms with van der Waals surface area (Å²) in [7, 11) is 0. The van der Waals surface area contributed by atoms with Crippen molar-refractivity contribution in [3.05, 3.63) is 65.0 Å². The SMILES string of the molecule is O=C(O)C1Cc2ccc(Cc3cccnc3)cc2C1. The van der Waals surface area contributed by atoms with Crippen LogP contribution in [0.3, 0.4) is 0 Å². The van der Waals surface area contributed by atoms with Crippen LogP contribution < -0.4 is 0 Å². The van der Waals surface area contributed by atoms with Gasteiger partial charge in [-0.2, -0.15) is 0 Å². The lowest BCUT2D eigenvalue weighted by molar-refractivity contribution is -0.141. The Morgan fingerprint density at radius 3 is 2.79 bits per heavy atom. The van der Waals surface area contributed by atoms with Crippen LogP contribution in [-0.2, 0) is 24.1 Å². The van der Waals surface area contributed by atoms with Crippen molar-refractivity contribution in [1.29, 1.82) is 0 Å². The Morgan fingerprint density at radius 2 is 2.05 bits per heavy atom. The van der Waals surface area contributed by atoms with Crippen molar-refractivity contribution >= 4 is 5.97 Å². The number of hydrogen-bond donors (Lipinski definition) is 1. The molecule has 0 radical (unpaired) electrons. The first kappa shape index (κ1) is 11.9. The molecule has 3 rings (SSSR count). The highest BCUT2D eigenvalue weighted by Crippen LogP contribution is 2.28. The lowest BCUT2D eigenvalue weighted by atomic mass is 10.0. The van der Waals surface area contributed by atoms with Crippen LogP contribution in [0.15, 0.2) is 42.7 Å². The lowest BCUT2D eigenvalue weighted by Crippen LogP contribution is -2.12. The Hall–Kier alpha value is -2.16. The van der Waals surface area contributed by atoms with E-state index >= 15 is 0 Å². The highest BCUT2D eigenvalue weighted by Gasteiger charge is 2.26. The molecule has 96 valence electrons. The van der Waals surface area contributed by atoms with E-state index in [0.29, 0.717) is 12.8 Å². The number of hydrogen-bond acceptors (Lipinski definition) is 2. The molecule has 1 heterocycles. The summed E-state index contributed by atoms with van der Waals surface area (Å²) in [6, 6.07) is 10.3. The molecule has 3 heteroatoms. The molecule has 19 heavy (non-hydrogen) atoms. The summed E-state index contributed by atoms with van der Waals surface area (Å²) < 4.78 is 0. The number of carboxylic acids is 1. The van der Waals surface area contributed by atoms with Crippen molar-refractivity contribution in [2.45, 2.75) is 19.3 Å². The van der Waals surface area contributed by atoms with Crippen LogP contribution in [-0.4, -0.2) is 16.1 Å². The van der Waals surface area contributed by atoms with Gasteiger partial charge in [-0.05, 0) is 47.6 Å². The summed E-state index contributed by atoms with van der Waals surface area (Å²) in [6.07, 6.45) is 5.80. The minimum Gasteiger partial charge on any atom is -0.481 e. The fraction of sp³-hybridized carbons (Fsp3) is 0.250. The molecule has 1 aromatic heterocycles. The van der Waals surface area contributed by atoms with Gasteiger partial charge < -0.3 is 5.11 Å². The van der Waals surface area contributed by atoms with Gasteiger partial charge in [0.05, 0.1) is 5.92 Å². The third-order valence-corrected chi connectivity index (χ3v) is 3.68. The van der Waals surface area contributed by atoms with E-state index in [1.165, 1.54) is 22.3 Å². The van der Waals surface area contributed by atoms with Crippen LogP contribution in [0.5, 0.6) is 0 Å². The largest absolute Gasteiger partial charge is 0.481 e. The average Bonchev–Trinajstić information content (AvgIpc) is 2.83. The molecule has 3 nitrogen and oxygen atoms in total. The Kier molecular flexibility index (Phi) is 3.03. The molecular weight excluding hydrogens is 238 g/mol. The highest BCUT2D eigenvalue weighted by molar-refractivity contribution is 5.72. The minimum atomic E-state index is -0.690. The predicted octanol–water partition coefficient (Wildman–Crippen LogP) is 2.47. The van der Waals surface area contributed by atoms with Crippen LogP contribution in [0, 0.1) is 5.92 Å². The maximum atomic E-state index is 11.0. The second kappa shape index (κ2) is 4.84. The molecule has 1 unspecified atom stereocenters. The fourth-order valence-electron chi connectivity index (χ4n) is 2.69. The van der Waals surface area contributed by atoms with Gasteiger partial charge in [0.2, 0.25) is 0 Å². The van der Waals surface area contributed by atoms with E-state index in [4.69, 9.17) is 5.11 Å². The third-order valence-electron chi connectivity index (χ3n) is 3.68. The first-order chi connectivity index (χ1) is 9.22. The smallest absolute Gasteiger partial charge is 0.307 e. The second-order valence-electron chi connectivity index (χ2n) is 5.08. The first-order valence-corrected chi connectivity index (χ1v) is 6.45. The molecule has 1 aliphatic carbocycles. The molecule has 0 spiro atoms. The van der Waals surface area contributed by atoms with Gasteiger partial charge in [-0.15, -0.1) is 0 Å². The summed E-state index contributed by atoms with van der Waals surface area (Å²) in [5.74, 6) is -0.936. The normalized spacial score (nSPS) is 17.2.